The molecule has 96 valence electrons. The lowest BCUT2D eigenvalue weighted by atomic mass is 10.0. The maximum absolute atomic E-state index is 12.2. The molecule has 1 fully saturated rings. The summed E-state index contributed by atoms with van der Waals surface area (Å²) in [6.07, 6.45) is 1.81. The van der Waals surface area contributed by atoms with Gasteiger partial charge < -0.3 is 10.0 Å². The number of amides is 1. The number of carboxylic acid groups (broad SMARTS) is 1. The smallest absolute Gasteiger partial charge is 0.306 e. The lowest BCUT2D eigenvalue weighted by Gasteiger charge is -2.24. The van der Waals surface area contributed by atoms with Crippen molar-refractivity contribution in [1.29, 1.82) is 0 Å². The first-order chi connectivity index (χ1) is 7.95. The lowest BCUT2D eigenvalue weighted by Crippen LogP contribution is -2.36. The van der Waals surface area contributed by atoms with E-state index in [1.165, 1.54) is 0 Å². The minimum Gasteiger partial charge on any atom is -0.481 e. The van der Waals surface area contributed by atoms with Gasteiger partial charge in [-0.05, 0) is 33.1 Å². The van der Waals surface area contributed by atoms with Gasteiger partial charge in [-0.1, -0.05) is 12.2 Å². The van der Waals surface area contributed by atoms with Crippen molar-refractivity contribution in [2.45, 2.75) is 33.1 Å². The molecule has 1 N–H and O–H groups in total. The normalized spacial score (nSPS) is 23.4. The zero-order valence-corrected chi connectivity index (χ0v) is 10.6. The molecule has 0 aromatic rings. The van der Waals surface area contributed by atoms with Crippen molar-refractivity contribution >= 4 is 11.9 Å². The Balaban J connectivity index is 2.58. The van der Waals surface area contributed by atoms with Crippen molar-refractivity contribution in [3.8, 4) is 0 Å². The van der Waals surface area contributed by atoms with Crippen LogP contribution in [-0.2, 0) is 9.59 Å². The molecule has 1 aliphatic rings. The summed E-state index contributed by atoms with van der Waals surface area (Å²) in [4.78, 5) is 24.8. The minimum absolute atomic E-state index is 0.0826. The summed E-state index contributed by atoms with van der Waals surface area (Å²) < 4.78 is 0. The van der Waals surface area contributed by atoms with Crippen LogP contribution in [0.25, 0.3) is 0 Å². The lowest BCUT2D eigenvalue weighted by molar-refractivity contribution is -0.141. The number of hydrogen-bond donors (Lipinski definition) is 1. The molecule has 17 heavy (non-hydrogen) atoms. The third-order valence-electron chi connectivity index (χ3n) is 3.29. The zero-order valence-electron chi connectivity index (χ0n) is 10.6. The number of hydrogen-bond acceptors (Lipinski definition) is 2. The third-order valence-corrected chi connectivity index (χ3v) is 3.29. The van der Waals surface area contributed by atoms with E-state index < -0.39 is 5.97 Å². The van der Waals surface area contributed by atoms with Crippen LogP contribution < -0.4 is 0 Å². The van der Waals surface area contributed by atoms with Gasteiger partial charge in [0, 0.05) is 19.0 Å². The molecule has 1 saturated carbocycles. The summed E-state index contributed by atoms with van der Waals surface area (Å²) >= 11 is 0. The zero-order chi connectivity index (χ0) is 13.0. The highest BCUT2D eigenvalue weighted by Crippen LogP contribution is 2.32. The summed E-state index contributed by atoms with van der Waals surface area (Å²) in [5, 5.41) is 8.92. The van der Waals surface area contributed by atoms with Crippen molar-refractivity contribution in [2.75, 3.05) is 13.1 Å². The molecule has 0 radical (unpaired) electrons. The molecule has 2 atom stereocenters. The highest BCUT2D eigenvalue weighted by Gasteiger charge is 2.35. The molecule has 0 saturated heterocycles. The molecular weight excluding hydrogens is 218 g/mol. The first kappa shape index (κ1) is 13.7. The van der Waals surface area contributed by atoms with Crippen LogP contribution in [0.5, 0.6) is 0 Å². The predicted molar refractivity (Wildman–Crippen MR) is 65.5 cm³/mol. The number of carbonyl (C=O) groups is 2. The Hall–Kier alpha value is -1.32. The molecule has 1 aliphatic carbocycles. The SMILES string of the molecule is C=C(C)CN(CC)C(=O)[C@@H]1CC[C@H](C(=O)O)C1. The van der Waals surface area contributed by atoms with Gasteiger partial charge in [0.05, 0.1) is 5.92 Å². The number of aliphatic carboxylic acids is 1. The fraction of sp³-hybridized carbons (Fsp3) is 0.692. The first-order valence-electron chi connectivity index (χ1n) is 6.11. The highest BCUT2D eigenvalue weighted by molar-refractivity contribution is 5.81. The van der Waals surface area contributed by atoms with Crippen molar-refractivity contribution in [2.24, 2.45) is 11.8 Å². The Labute approximate surface area is 102 Å². The molecule has 1 rings (SSSR count). The van der Waals surface area contributed by atoms with Gasteiger partial charge in [-0.3, -0.25) is 9.59 Å². The predicted octanol–water partition coefficient (Wildman–Crippen LogP) is 1.91. The second kappa shape index (κ2) is 5.84. The van der Waals surface area contributed by atoms with E-state index in [0.717, 1.165) is 5.57 Å². The topological polar surface area (TPSA) is 57.6 Å². The molecule has 1 amide bonds. The standard InChI is InChI=1S/C13H21NO3/c1-4-14(8-9(2)3)12(15)10-5-6-11(7-10)13(16)17/h10-11H,2,4-8H2,1,3H3,(H,16,17)/t10-,11+/m1/s1. The Morgan fingerprint density at radius 2 is 1.94 bits per heavy atom. The van der Waals surface area contributed by atoms with Crippen LogP contribution in [0, 0.1) is 11.8 Å². The van der Waals surface area contributed by atoms with E-state index in [-0.39, 0.29) is 17.7 Å². The van der Waals surface area contributed by atoms with Gasteiger partial charge >= 0.3 is 5.97 Å². The van der Waals surface area contributed by atoms with E-state index >= 15 is 0 Å². The molecule has 0 aromatic heterocycles. The second-order valence-corrected chi connectivity index (χ2v) is 4.85. The fourth-order valence-corrected chi connectivity index (χ4v) is 2.36. The number of likely N-dealkylation sites (N-methyl/N-ethyl adjacent to an activating group) is 1. The van der Waals surface area contributed by atoms with Crippen LogP contribution in [0.3, 0.4) is 0 Å². The van der Waals surface area contributed by atoms with Crippen molar-refractivity contribution in [3.05, 3.63) is 12.2 Å². The van der Waals surface area contributed by atoms with Gasteiger partial charge in [0.15, 0.2) is 0 Å². The van der Waals surface area contributed by atoms with E-state index in [2.05, 4.69) is 6.58 Å². The van der Waals surface area contributed by atoms with Crippen LogP contribution in [0.2, 0.25) is 0 Å². The highest BCUT2D eigenvalue weighted by atomic mass is 16.4. The van der Waals surface area contributed by atoms with E-state index in [4.69, 9.17) is 5.11 Å². The number of carboxylic acids is 1. The molecule has 4 heteroatoms. The number of carbonyl (C=O) groups excluding carboxylic acids is 1. The van der Waals surface area contributed by atoms with Crippen LogP contribution in [0.1, 0.15) is 33.1 Å². The van der Waals surface area contributed by atoms with Gasteiger partial charge in [0.2, 0.25) is 5.91 Å². The fourth-order valence-electron chi connectivity index (χ4n) is 2.36. The van der Waals surface area contributed by atoms with Crippen molar-refractivity contribution in [3.63, 3.8) is 0 Å². The molecule has 0 aliphatic heterocycles. The summed E-state index contributed by atoms with van der Waals surface area (Å²) in [6.45, 7) is 8.86. The average Bonchev–Trinajstić information content (AvgIpc) is 2.73. The largest absolute Gasteiger partial charge is 0.481 e. The summed E-state index contributed by atoms with van der Waals surface area (Å²) in [5.41, 5.74) is 0.952. The van der Waals surface area contributed by atoms with Gasteiger partial charge in [0.25, 0.3) is 0 Å². The quantitative estimate of drug-likeness (QED) is 0.746. The Bertz CT molecular complexity index is 325. The molecule has 4 nitrogen and oxygen atoms in total. The van der Waals surface area contributed by atoms with Gasteiger partial charge in [-0.25, -0.2) is 0 Å². The van der Waals surface area contributed by atoms with E-state index in [1.54, 1.807) is 4.90 Å². The Kier molecular flexibility index (Phi) is 4.73. The second-order valence-electron chi connectivity index (χ2n) is 4.85. The van der Waals surface area contributed by atoms with Gasteiger partial charge in [-0.2, -0.15) is 0 Å². The molecule has 0 unspecified atom stereocenters. The third kappa shape index (κ3) is 3.58. The number of rotatable bonds is 5. The van der Waals surface area contributed by atoms with Crippen LogP contribution >= 0.6 is 0 Å². The average molecular weight is 239 g/mol. The van der Waals surface area contributed by atoms with Crippen molar-refractivity contribution in [1.82, 2.24) is 4.90 Å². The summed E-state index contributed by atoms with van der Waals surface area (Å²) in [7, 11) is 0. The first-order valence-corrected chi connectivity index (χ1v) is 6.11. The van der Waals surface area contributed by atoms with Crippen molar-refractivity contribution < 1.29 is 14.7 Å². The molecular formula is C13H21NO3. The van der Waals surface area contributed by atoms with Crippen LogP contribution in [0.4, 0.5) is 0 Å². The maximum atomic E-state index is 12.2. The monoisotopic (exact) mass is 239 g/mol. The van der Waals surface area contributed by atoms with Gasteiger partial charge in [-0.15, -0.1) is 0 Å². The van der Waals surface area contributed by atoms with E-state index in [9.17, 15) is 9.59 Å². The van der Waals surface area contributed by atoms with E-state index in [0.29, 0.717) is 32.4 Å². The van der Waals surface area contributed by atoms with E-state index in [1.807, 2.05) is 13.8 Å². The Morgan fingerprint density at radius 3 is 2.35 bits per heavy atom. The molecule has 0 heterocycles. The van der Waals surface area contributed by atoms with Crippen LogP contribution in [0.15, 0.2) is 12.2 Å². The Morgan fingerprint density at radius 1 is 1.35 bits per heavy atom. The van der Waals surface area contributed by atoms with Gasteiger partial charge in [0.1, 0.15) is 0 Å². The summed E-state index contributed by atoms with van der Waals surface area (Å²) in [5.74, 6) is -1.15. The maximum Gasteiger partial charge on any atom is 0.306 e. The minimum atomic E-state index is -0.775. The molecule has 0 aromatic carbocycles. The molecule has 0 bridgehead atoms. The molecule has 0 spiro atoms. The van der Waals surface area contributed by atoms with Crippen LogP contribution in [-0.4, -0.2) is 35.0 Å². The number of nitrogens with zero attached hydrogens (tertiary/aromatic N) is 1. The summed E-state index contributed by atoms with van der Waals surface area (Å²) in [6, 6.07) is 0.